The molecule has 7 heterocycles. The minimum Gasteiger partial charge on any atom is -0.367 e. The average molecular weight is 792 g/mol. The fourth-order valence-electron chi connectivity index (χ4n) is 8.08. The van der Waals surface area contributed by atoms with Gasteiger partial charge in [-0.25, -0.2) is 9.97 Å². The van der Waals surface area contributed by atoms with Crippen LogP contribution in [0.4, 0.5) is 11.4 Å². The number of carbonyl (C=O) groups is 2. The normalized spacial score (nSPS) is 19.6. The van der Waals surface area contributed by atoms with Crippen molar-refractivity contribution < 1.29 is 9.59 Å². The molecule has 2 atom stereocenters. The zero-order chi connectivity index (χ0) is 40.9. The average Bonchev–Trinajstić information content (AvgIpc) is 3.88. The summed E-state index contributed by atoms with van der Waals surface area (Å²) in [6, 6.07) is 20.1. The summed E-state index contributed by atoms with van der Waals surface area (Å²) >= 11 is 0. The number of anilines is 2. The maximum Gasteiger partial charge on any atom is 0.178 e. The molecule has 0 saturated carbocycles. The summed E-state index contributed by atoms with van der Waals surface area (Å²) in [5.41, 5.74) is 10.1. The lowest BCUT2D eigenvalue weighted by Gasteiger charge is -2.34. The number of likely N-dealkylation sites (N-methyl/N-ethyl adjacent to an activating group) is 2. The lowest BCUT2D eigenvalue weighted by Crippen LogP contribution is -2.44. The number of aryl methyl sites for hydroxylation is 2. The van der Waals surface area contributed by atoms with Gasteiger partial charge in [0.2, 0.25) is 0 Å². The van der Waals surface area contributed by atoms with Crippen molar-refractivity contribution in [2.75, 3.05) is 76.3 Å². The van der Waals surface area contributed by atoms with Crippen LogP contribution < -0.4 is 15.1 Å². The van der Waals surface area contributed by atoms with Gasteiger partial charge in [0.25, 0.3) is 0 Å². The standard InChI is InChI=1S/C23H28N6O.C23H25N5O/c1-15-5-4-8-24-21(15)18-13-16(30)14-19(25-18)23-26-17-6-3-7-20(22(17)27-23)29-11-9-28(2)10-12-29;1-17-5-4-12-24-19(17)10-8-18(29)9-11-22-25-20-6-3-7-21(23(20)26-22)28-15-13-27(2)14-16-28/h3-8,18-19,25H,9-14H2,1-2H3,(H,26,27);3-12H,13-16H2,1-2H3,(H,25,26)/b;10-8+,11-9+. The number of rotatable bonds is 8. The minimum absolute atomic E-state index is 0.0808. The van der Waals surface area contributed by atoms with Gasteiger partial charge in [-0.3, -0.25) is 24.9 Å². The van der Waals surface area contributed by atoms with Crippen LogP contribution in [-0.4, -0.2) is 118 Å². The van der Waals surface area contributed by atoms with Crippen LogP contribution in [0.5, 0.6) is 0 Å². The smallest absolute Gasteiger partial charge is 0.178 e. The zero-order valence-electron chi connectivity index (χ0n) is 34.4. The lowest BCUT2D eigenvalue weighted by atomic mass is 9.93. The summed E-state index contributed by atoms with van der Waals surface area (Å²) in [7, 11) is 4.31. The van der Waals surface area contributed by atoms with E-state index in [0.717, 1.165) is 108 Å². The maximum atomic E-state index is 12.6. The van der Waals surface area contributed by atoms with Crippen molar-refractivity contribution in [2.24, 2.45) is 0 Å². The predicted octanol–water partition coefficient (Wildman–Crippen LogP) is 6.07. The molecule has 4 aromatic heterocycles. The first kappa shape index (κ1) is 39.8. The molecule has 9 rings (SSSR count). The molecular weight excluding hydrogens is 739 g/mol. The third kappa shape index (κ3) is 9.33. The molecule has 2 unspecified atom stereocenters. The lowest BCUT2D eigenvalue weighted by molar-refractivity contribution is -0.121. The number of pyridine rings is 2. The van der Waals surface area contributed by atoms with E-state index >= 15 is 0 Å². The van der Waals surface area contributed by atoms with Crippen LogP contribution in [0.1, 0.15) is 59.1 Å². The molecule has 3 N–H and O–H groups in total. The van der Waals surface area contributed by atoms with Crippen molar-refractivity contribution in [1.29, 1.82) is 0 Å². The summed E-state index contributed by atoms with van der Waals surface area (Å²) in [5, 5.41) is 3.63. The van der Waals surface area contributed by atoms with E-state index in [1.807, 2.05) is 50.2 Å². The molecule has 59 heavy (non-hydrogen) atoms. The summed E-state index contributed by atoms with van der Waals surface area (Å²) in [5.74, 6) is 1.65. The Balaban J connectivity index is 0.000000164. The van der Waals surface area contributed by atoms with Crippen molar-refractivity contribution in [3.63, 3.8) is 0 Å². The third-order valence-electron chi connectivity index (χ3n) is 11.5. The molecule has 3 aliphatic heterocycles. The first-order valence-electron chi connectivity index (χ1n) is 20.5. The highest BCUT2D eigenvalue weighted by molar-refractivity contribution is 6.04. The molecule has 0 amide bonds. The Labute approximate surface area is 345 Å². The molecule has 0 aliphatic carbocycles. The predicted molar refractivity (Wildman–Crippen MR) is 235 cm³/mol. The number of aromatic amines is 2. The molecule has 13 heteroatoms. The summed E-state index contributed by atoms with van der Waals surface area (Å²) in [6.07, 6.45) is 11.0. The monoisotopic (exact) mass is 791 g/mol. The Morgan fingerprint density at radius 3 is 1.88 bits per heavy atom. The van der Waals surface area contributed by atoms with Crippen LogP contribution in [0.2, 0.25) is 0 Å². The Morgan fingerprint density at radius 2 is 1.24 bits per heavy atom. The van der Waals surface area contributed by atoms with E-state index in [1.54, 1.807) is 24.5 Å². The van der Waals surface area contributed by atoms with E-state index in [-0.39, 0.29) is 23.7 Å². The van der Waals surface area contributed by atoms with Crippen molar-refractivity contribution in [3.05, 3.63) is 119 Å². The molecule has 0 radical (unpaired) electrons. The number of benzene rings is 2. The zero-order valence-corrected chi connectivity index (χ0v) is 34.4. The van der Waals surface area contributed by atoms with Crippen LogP contribution in [0.25, 0.3) is 34.2 Å². The number of aromatic nitrogens is 6. The van der Waals surface area contributed by atoms with Crippen LogP contribution in [0.3, 0.4) is 0 Å². The molecule has 3 aliphatic rings. The second kappa shape index (κ2) is 17.9. The quantitative estimate of drug-likeness (QED) is 0.155. The van der Waals surface area contributed by atoms with E-state index < -0.39 is 0 Å². The Hall–Kier alpha value is -6.02. The van der Waals surface area contributed by atoms with Gasteiger partial charge in [0.15, 0.2) is 5.78 Å². The second-order valence-electron chi connectivity index (χ2n) is 15.9. The Bertz CT molecular complexity index is 2490. The largest absolute Gasteiger partial charge is 0.367 e. The number of piperazine rings is 2. The summed E-state index contributed by atoms with van der Waals surface area (Å²) in [4.78, 5) is 59.5. The van der Waals surface area contributed by atoms with Crippen LogP contribution in [0, 0.1) is 13.8 Å². The van der Waals surface area contributed by atoms with Gasteiger partial charge in [0.1, 0.15) is 28.5 Å². The SMILES string of the molecule is Cc1cccnc1/C=C/C(=O)/C=C/c1nc2c(N3CCN(C)CC3)cccc2[nH]1.Cc1cccnc1C1CC(=O)CC(c2nc3c(N4CCN(C)CC4)cccc3[nH]2)N1. The van der Waals surface area contributed by atoms with Crippen molar-refractivity contribution >= 4 is 57.2 Å². The minimum atomic E-state index is -0.134. The first-order chi connectivity index (χ1) is 28.7. The van der Waals surface area contributed by atoms with E-state index in [0.29, 0.717) is 18.7 Å². The first-order valence-corrected chi connectivity index (χ1v) is 20.5. The number of imidazole rings is 2. The van der Waals surface area contributed by atoms with E-state index in [1.165, 1.54) is 17.8 Å². The number of H-pyrrole nitrogens is 2. The number of ketones is 2. The number of allylic oxidation sites excluding steroid dienone is 2. The Morgan fingerprint density at radius 1 is 0.661 bits per heavy atom. The van der Waals surface area contributed by atoms with Gasteiger partial charge in [-0.15, -0.1) is 0 Å². The number of nitrogens with zero attached hydrogens (tertiary/aromatic N) is 8. The van der Waals surface area contributed by atoms with Gasteiger partial charge in [0.05, 0.1) is 45.9 Å². The van der Waals surface area contributed by atoms with Gasteiger partial charge in [-0.2, -0.15) is 0 Å². The fraction of sp³-hybridized carbons (Fsp3) is 0.348. The number of piperidine rings is 1. The second-order valence-corrected chi connectivity index (χ2v) is 15.9. The topological polar surface area (TPSA) is 142 Å². The number of hydrogen-bond donors (Lipinski definition) is 3. The van der Waals surface area contributed by atoms with Crippen LogP contribution >= 0.6 is 0 Å². The molecule has 2 aromatic carbocycles. The third-order valence-corrected chi connectivity index (χ3v) is 11.5. The summed E-state index contributed by atoms with van der Waals surface area (Å²) in [6.45, 7) is 12.2. The van der Waals surface area contributed by atoms with Crippen molar-refractivity contribution in [1.82, 2.24) is 45.0 Å². The molecule has 0 spiro atoms. The number of carbonyl (C=O) groups excluding carboxylic acids is 2. The number of hydrogen-bond acceptors (Lipinski definition) is 11. The van der Waals surface area contributed by atoms with Crippen LogP contribution in [0.15, 0.2) is 85.2 Å². The number of nitrogens with one attached hydrogen (secondary N) is 3. The highest BCUT2D eigenvalue weighted by atomic mass is 16.1. The Kier molecular flexibility index (Phi) is 12.0. The van der Waals surface area contributed by atoms with Gasteiger partial charge in [0, 0.05) is 77.6 Å². The number of Topliss-reactive ketones (excluding diaryl/α,β-unsaturated/α-hetero) is 1. The molecule has 0 bridgehead atoms. The molecule has 6 aromatic rings. The maximum absolute atomic E-state index is 12.6. The molecule has 3 fully saturated rings. The molecular formula is C46H53N11O2. The van der Waals surface area contributed by atoms with Crippen LogP contribution in [-0.2, 0) is 9.59 Å². The molecule has 3 saturated heterocycles. The number of fused-ring (bicyclic) bond motifs is 2. The highest BCUT2D eigenvalue weighted by Gasteiger charge is 2.32. The van der Waals surface area contributed by atoms with Gasteiger partial charge in [-0.1, -0.05) is 24.3 Å². The van der Waals surface area contributed by atoms with Crippen molar-refractivity contribution in [3.8, 4) is 0 Å². The highest BCUT2D eigenvalue weighted by Crippen LogP contribution is 2.33. The van der Waals surface area contributed by atoms with E-state index in [9.17, 15) is 9.59 Å². The fourth-order valence-corrected chi connectivity index (χ4v) is 8.08. The van der Waals surface area contributed by atoms with Gasteiger partial charge < -0.3 is 29.6 Å². The van der Waals surface area contributed by atoms with Gasteiger partial charge in [-0.05, 0) is 99.8 Å². The molecule has 304 valence electrons. The van der Waals surface area contributed by atoms with Crippen molar-refractivity contribution in [2.45, 2.75) is 38.8 Å². The van der Waals surface area contributed by atoms with E-state index in [4.69, 9.17) is 9.97 Å². The van der Waals surface area contributed by atoms with Gasteiger partial charge >= 0.3 is 0 Å². The van der Waals surface area contributed by atoms with E-state index in [2.05, 4.69) is 83.2 Å². The summed E-state index contributed by atoms with van der Waals surface area (Å²) < 4.78 is 0. The molecule has 13 nitrogen and oxygen atoms in total. The number of para-hydroxylation sites is 2.